The monoisotopic (exact) mass is 460 g/mol. The molecule has 0 heterocycles. The van der Waals surface area contributed by atoms with Crippen LogP contribution < -0.4 is 4.74 Å². The van der Waals surface area contributed by atoms with E-state index in [1.807, 2.05) is 18.2 Å². The van der Waals surface area contributed by atoms with E-state index in [1.165, 1.54) is 94.2 Å². The normalized spacial score (nSPS) is 11.3. The second kappa shape index (κ2) is 15.5. The molecule has 0 radical (unpaired) electrons. The number of esters is 1. The molecular formula is C32H44O2. The van der Waals surface area contributed by atoms with Crippen LogP contribution in [-0.2, 0) is 4.79 Å². The molecule has 3 aromatic carbocycles. The number of unbranched alkanes of at least 4 members (excludes halogenated alkanes) is 14. The van der Waals surface area contributed by atoms with Crippen LogP contribution in [0, 0.1) is 0 Å². The minimum Gasteiger partial charge on any atom is -0.426 e. The summed E-state index contributed by atoms with van der Waals surface area (Å²) < 4.78 is 5.76. The molecule has 0 aliphatic carbocycles. The van der Waals surface area contributed by atoms with Crippen molar-refractivity contribution in [1.29, 1.82) is 0 Å². The number of benzene rings is 3. The fourth-order valence-electron chi connectivity index (χ4n) is 4.84. The first-order valence-corrected chi connectivity index (χ1v) is 13.9. The number of hydrogen-bond donors (Lipinski definition) is 0. The van der Waals surface area contributed by atoms with Gasteiger partial charge in [0.05, 0.1) is 0 Å². The molecular weight excluding hydrogens is 416 g/mol. The van der Waals surface area contributed by atoms with Crippen molar-refractivity contribution in [2.24, 2.45) is 0 Å². The lowest BCUT2D eigenvalue weighted by molar-refractivity contribution is -0.134. The van der Waals surface area contributed by atoms with Crippen LogP contribution in [0.4, 0.5) is 0 Å². The van der Waals surface area contributed by atoms with Crippen molar-refractivity contribution < 1.29 is 9.53 Å². The highest BCUT2D eigenvalue weighted by atomic mass is 16.5. The Kier molecular flexibility index (Phi) is 12.0. The van der Waals surface area contributed by atoms with Gasteiger partial charge in [-0.15, -0.1) is 0 Å². The van der Waals surface area contributed by atoms with Crippen molar-refractivity contribution >= 4 is 27.5 Å². The van der Waals surface area contributed by atoms with Gasteiger partial charge in [0, 0.05) is 11.8 Å². The van der Waals surface area contributed by atoms with Crippen LogP contribution in [0.25, 0.3) is 21.5 Å². The van der Waals surface area contributed by atoms with E-state index in [-0.39, 0.29) is 5.97 Å². The first-order valence-electron chi connectivity index (χ1n) is 13.9. The molecule has 0 spiro atoms. The minimum atomic E-state index is -0.115. The first kappa shape index (κ1) is 26.3. The van der Waals surface area contributed by atoms with Gasteiger partial charge in [-0.3, -0.25) is 4.79 Å². The molecule has 0 N–H and O–H groups in total. The number of carbonyl (C=O) groups excluding carboxylic acids is 1. The van der Waals surface area contributed by atoms with Crippen LogP contribution >= 0.6 is 0 Å². The molecule has 0 fully saturated rings. The highest BCUT2D eigenvalue weighted by molar-refractivity contribution is 6.01. The second-order valence-corrected chi connectivity index (χ2v) is 9.85. The molecule has 0 aromatic heterocycles. The highest BCUT2D eigenvalue weighted by Gasteiger charge is 2.09. The third-order valence-corrected chi connectivity index (χ3v) is 6.91. The zero-order valence-corrected chi connectivity index (χ0v) is 21.3. The Labute approximate surface area is 207 Å². The average Bonchev–Trinajstić information content (AvgIpc) is 2.85. The number of ether oxygens (including phenoxy) is 1. The van der Waals surface area contributed by atoms with Gasteiger partial charge in [-0.1, -0.05) is 133 Å². The Hall–Kier alpha value is -2.35. The van der Waals surface area contributed by atoms with Crippen LogP contribution in [0.15, 0.2) is 54.6 Å². The van der Waals surface area contributed by atoms with Crippen LogP contribution in [0.5, 0.6) is 5.75 Å². The van der Waals surface area contributed by atoms with Gasteiger partial charge in [-0.05, 0) is 40.8 Å². The zero-order valence-electron chi connectivity index (χ0n) is 21.3. The van der Waals surface area contributed by atoms with Gasteiger partial charge < -0.3 is 4.74 Å². The predicted octanol–water partition coefficient (Wildman–Crippen LogP) is 10.2. The summed E-state index contributed by atoms with van der Waals surface area (Å²) in [5, 5.41) is 4.49. The molecule has 0 unspecified atom stereocenters. The van der Waals surface area contributed by atoms with Crippen LogP contribution in [0.1, 0.15) is 110 Å². The summed E-state index contributed by atoms with van der Waals surface area (Å²) in [7, 11) is 0. The van der Waals surface area contributed by atoms with Gasteiger partial charge in [-0.25, -0.2) is 0 Å². The quantitative estimate of drug-likeness (QED) is 0.0866. The molecule has 0 aliphatic heterocycles. The van der Waals surface area contributed by atoms with Crippen molar-refractivity contribution in [3.63, 3.8) is 0 Å². The summed E-state index contributed by atoms with van der Waals surface area (Å²) in [5.74, 6) is 0.560. The average molecular weight is 461 g/mol. The molecule has 0 saturated heterocycles. The number of rotatable bonds is 17. The Balaban J connectivity index is 1.24. The van der Waals surface area contributed by atoms with E-state index >= 15 is 0 Å². The molecule has 0 saturated carbocycles. The van der Waals surface area contributed by atoms with Gasteiger partial charge in [0.25, 0.3) is 0 Å². The fraction of sp³-hybridized carbons (Fsp3) is 0.531. The molecule has 0 amide bonds. The SMILES string of the molecule is CCCCCCCCCCCCCCCCCC(=O)Oc1cccc2cc3ccccc3cc12. The lowest BCUT2D eigenvalue weighted by atomic mass is 10.0. The third kappa shape index (κ3) is 9.12. The number of carbonyl (C=O) groups is 1. The first-order chi connectivity index (χ1) is 16.8. The van der Waals surface area contributed by atoms with E-state index in [1.54, 1.807) is 0 Å². The smallest absolute Gasteiger partial charge is 0.311 e. The summed E-state index contributed by atoms with van der Waals surface area (Å²) in [5.41, 5.74) is 0. The van der Waals surface area contributed by atoms with Gasteiger partial charge in [0.1, 0.15) is 5.75 Å². The summed E-state index contributed by atoms with van der Waals surface area (Å²) in [6.07, 6.45) is 20.4. The summed E-state index contributed by atoms with van der Waals surface area (Å²) in [6.45, 7) is 2.28. The lowest BCUT2D eigenvalue weighted by Gasteiger charge is -2.09. The van der Waals surface area contributed by atoms with Crippen molar-refractivity contribution in [2.75, 3.05) is 0 Å². The number of fused-ring (bicyclic) bond motifs is 2. The lowest BCUT2D eigenvalue weighted by Crippen LogP contribution is -2.07. The van der Waals surface area contributed by atoms with Gasteiger partial charge >= 0.3 is 5.97 Å². The molecule has 0 atom stereocenters. The van der Waals surface area contributed by atoms with E-state index in [0.717, 1.165) is 23.6 Å². The Bertz CT molecular complexity index is 991. The standard InChI is InChI=1S/C32H44O2/c1-2-3-4-5-6-7-8-9-10-11-12-13-14-15-16-24-32(33)34-31-23-19-22-29-25-27-20-17-18-21-28(27)26-30(29)31/h17-23,25-26H,2-16,24H2,1H3. The summed E-state index contributed by atoms with van der Waals surface area (Å²) in [6, 6.07) is 18.5. The second-order valence-electron chi connectivity index (χ2n) is 9.85. The molecule has 2 nitrogen and oxygen atoms in total. The van der Waals surface area contributed by atoms with E-state index < -0.39 is 0 Å². The van der Waals surface area contributed by atoms with E-state index in [2.05, 4.69) is 43.3 Å². The molecule has 3 rings (SSSR count). The van der Waals surface area contributed by atoms with Crippen LogP contribution in [0.3, 0.4) is 0 Å². The van der Waals surface area contributed by atoms with E-state index in [4.69, 9.17) is 4.74 Å². The maximum atomic E-state index is 12.4. The third-order valence-electron chi connectivity index (χ3n) is 6.91. The minimum absolute atomic E-state index is 0.115. The highest BCUT2D eigenvalue weighted by Crippen LogP contribution is 2.30. The number of hydrogen-bond acceptors (Lipinski definition) is 2. The maximum absolute atomic E-state index is 12.4. The van der Waals surface area contributed by atoms with Crippen molar-refractivity contribution in [2.45, 2.75) is 110 Å². The van der Waals surface area contributed by atoms with E-state index in [0.29, 0.717) is 12.2 Å². The Morgan fingerprint density at radius 1 is 0.588 bits per heavy atom. The van der Waals surface area contributed by atoms with Gasteiger partial charge in [0.2, 0.25) is 0 Å². The topological polar surface area (TPSA) is 26.3 Å². The largest absolute Gasteiger partial charge is 0.426 e. The van der Waals surface area contributed by atoms with Crippen LogP contribution in [-0.4, -0.2) is 5.97 Å². The summed E-state index contributed by atoms with van der Waals surface area (Å²) in [4.78, 5) is 12.4. The molecule has 2 heteroatoms. The maximum Gasteiger partial charge on any atom is 0.311 e. The Morgan fingerprint density at radius 3 is 1.68 bits per heavy atom. The van der Waals surface area contributed by atoms with E-state index in [9.17, 15) is 4.79 Å². The fourth-order valence-corrected chi connectivity index (χ4v) is 4.84. The summed E-state index contributed by atoms with van der Waals surface area (Å²) >= 11 is 0. The zero-order chi connectivity index (χ0) is 23.8. The predicted molar refractivity (Wildman–Crippen MR) is 147 cm³/mol. The van der Waals surface area contributed by atoms with Crippen molar-refractivity contribution in [3.05, 3.63) is 54.6 Å². The van der Waals surface area contributed by atoms with Crippen LogP contribution in [0.2, 0.25) is 0 Å². The van der Waals surface area contributed by atoms with Gasteiger partial charge in [0.15, 0.2) is 0 Å². The molecule has 184 valence electrons. The Morgan fingerprint density at radius 2 is 1.09 bits per heavy atom. The molecule has 0 aliphatic rings. The molecule has 0 bridgehead atoms. The van der Waals surface area contributed by atoms with Crippen molar-refractivity contribution in [3.8, 4) is 5.75 Å². The van der Waals surface area contributed by atoms with Gasteiger partial charge in [-0.2, -0.15) is 0 Å². The molecule has 3 aromatic rings. The van der Waals surface area contributed by atoms with Crippen molar-refractivity contribution in [1.82, 2.24) is 0 Å². The molecule has 34 heavy (non-hydrogen) atoms.